The second kappa shape index (κ2) is 6.84. The molecule has 0 aromatic heterocycles. The lowest BCUT2D eigenvalue weighted by Crippen LogP contribution is -2.48. The Balaban J connectivity index is 2.03. The largest absolute Gasteiger partial charge is 0.507 e. The van der Waals surface area contributed by atoms with Crippen molar-refractivity contribution in [1.82, 2.24) is 0 Å². The van der Waals surface area contributed by atoms with Gasteiger partial charge in [-0.1, -0.05) is 27.7 Å². The van der Waals surface area contributed by atoms with Gasteiger partial charge < -0.3 is 19.7 Å². The van der Waals surface area contributed by atoms with E-state index in [1.54, 1.807) is 27.7 Å². The average molecular weight is 457 g/mol. The van der Waals surface area contributed by atoms with Crippen molar-refractivity contribution in [3.8, 4) is 17.2 Å². The van der Waals surface area contributed by atoms with E-state index in [0.29, 0.717) is 5.57 Å². The molecule has 1 aromatic carbocycles. The van der Waals surface area contributed by atoms with Gasteiger partial charge in [-0.15, -0.1) is 0 Å². The minimum absolute atomic E-state index is 0.0190. The van der Waals surface area contributed by atoms with E-state index in [9.17, 15) is 24.6 Å². The van der Waals surface area contributed by atoms with Crippen LogP contribution in [0.15, 0.2) is 17.4 Å². The number of carbonyl (C=O) groups excluding carboxylic acids is 3. The van der Waals surface area contributed by atoms with Crippen LogP contribution in [-0.4, -0.2) is 33.3 Å². The number of hydrogen-bond donors (Lipinski definition) is 2. The molecule has 0 saturated carbocycles. The Kier molecular flexibility index (Phi) is 4.84. The molecule has 0 spiro atoms. The number of phenolic OH excluding ortho intramolecular Hbond substituents is 2. The van der Waals surface area contributed by atoms with E-state index in [1.807, 2.05) is 27.7 Å². The van der Waals surface area contributed by atoms with E-state index in [0.717, 1.165) is 6.07 Å². The van der Waals surface area contributed by atoms with Crippen molar-refractivity contribution in [2.24, 2.45) is 22.7 Å². The second-order valence-electron chi connectivity index (χ2n) is 11.2. The SMILES string of the molecule is CC(C)CC(=O)c1c(O)cc(O)c2c1O[C@]1(C(C)C)OC3=C(C(=O)C(C)(C)C(=O)C3(C)C)[C@H]21. The summed E-state index contributed by atoms with van der Waals surface area (Å²) in [4.78, 5) is 39.9. The molecule has 2 heterocycles. The molecule has 2 aliphatic heterocycles. The Morgan fingerprint density at radius 2 is 1.61 bits per heavy atom. The molecule has 0 radical (unpaired) electrons. The fourth-order valence-electron chi connectivity index (χ4n) is 5.56. The van der Waals surface area contributed by atoms with E-state index in [-0.39, 0.29) is 69.7 Å². The molecule has 3 aliphatic rings. The molecule has 7 nitrogen and oxygen atoms in total. The fraction of sp³-hybridized carbons (Fsp3) is 0.577. The number of rotatable bonds is 4. The molecule has 4 rings (SSSR count). The number of fused-ring (bicyclic) bond motifs is 4. The highest BCUT2D eigenvalue weighted by atomic mass is 16.7. The molecule has 1 aliphatic carbocycles. The molecular formula is C26H32O7. The Morgan fingerprint density at radius 1 is 1.00 bits per heavy atom. The van der Waals surface area contributed by atoms with Crippen LogP contribution >= 0.6 is 0 Å². The van der Waals surface area contributed by atoms with Crippen molar-refractivity contribution in [2.45, 2.75) is 73.5 Å². The zero-order valence-corrected chi connectivity index (χ0v) is 20.5. The highest BCUT2D eigenvalue weighted by Crippen LogP contribution is 2.66. The third-order valence-corrected chi connectivity index (χ3v) is 7.22. The zero-order chi connectivity index (χ0) is 24.8. The van der Waals surface area contributed by atoms with Gasteiger partial charge in [-0.2, -0.15) is 0 Å². The van der Waals surface area contributed by atoms with Crippen LogP contribution in [0.4, 0.5) is 0 Å². The summed E-state index contributed by atoms with van der Waals surface area (Å²) in [6.07, 6.45) is 0.176. The summed E-state index contributed by atoms with van der Waals surface area (Å²) in [6, 6.07) is 1.12. The van der Waals surface area contributed by atoms with Crippen LogP contribution in [0.2, 0.25) is 0 Å². The minimum Gasteiger partial charge on any atom is -0.507 e. The maximum absolute atomic E-state index is 13.7. The van der Waals surface area contributed by atoms with Gasteiger partial charge >= 0.3 is 0 Å². The number of ketones is 3. The molecule has 2 atom stereocenters. The van der Waals surface area contributed by atoms with Crippen LogP contribution in [0.25, 0.3) is 0 Å². The predicted octanol–water partition coefficient (Wildman–Crippen LogP) is 4.64. The quantitative estimate of drug-likeness (QED) is 0.501. The average Bonchev–Trinajstić information content (AvgIpc) is 3.18. The maximum Gasteiger partial charge on any atom is 0.264 e. The highest BCUT2D eigenvalue weighted by Gasteiger charge is 2.69. The molecule has 0 bridgehead atoms. The van der Waals surface area contributed by atoms with Crippen LogP contribution in [0, 0.1) is 22.7 Å². The van der Waals surface area contributed by atoms with Crippen molar-refractivity contribution in [1.29, 1.82) is 0 Å². The Morgan fingerprint density at radius 3 is 2.15 bits per heavy atom. The Labute approximate surface area is 193 Å². The van der Waals surface area contributed by atoms with Gasteiger partial charge in [-0.25, -0.2) is 0 Å². The van der Waals surface area contributed by atoms with Crippen LogP contribution in [0.5, 0.6) is 17.2 Å². The molecule has 2 N–H and O–H groups in total. The van der Waals surface area contributed by atoms with Gasteiger partial charge in [0, 0.05) is 18.4 Å². The second-order valence-corrected chi connectivity index (χ2v) is 11.2. The molecule has 178 valence electrons. The van der Waals surface area contributed by atoms with Gasteiger partial charge in [0.25, 0.3) is 5.79 Å². The van der Waals surface area contributed by atoms with Gasteiger partial charge in [0.1, 0.15) is 34.5 Å². The predicted molar refractivity (Wildman–Crippen MR) is 120 cm³/mol. The normalized spacial score (nSPS) is 26.8. The van der Waals surface area contributed by atoms with E-state index in [2.05, 4.69) is 0 Å². The lowest BCUT2D eigenvalue weighted by atomic mass is 9.61. The van der Waals surface area contributed by atoms with Crippen LogP contribution < -0.4 is 4.74 Å². The smallest absolute Gasteiger partial charge is 0.264 e. The molecule has 33 heavy (non-hydrogen) atoms. The van der Waals surface area contributed by atoms with Crippen molar-refractivity contribution in [3.05, 3.63) is 28.5 Å². The maximum atomic E-state index is 13.7. The molecule has 1 aromatic rings. The van der Waals surface area contributed by atoms with Crippen molar-refractivity contribution in [2.75, 3.05) is 0 Å². The Hall–Kier alpha value is -2.83. The van der Waals surface area contributed by atoms with Gasteiger partial charge in [0.2, 0.25) is 0 Å². The standard InChI is InChI=1S/C26H32O7/c1-11(2)9-13(27)16-14(28)10-15(29)17-19-18-21(30)24(5,6)23(31)25(7,8)22(18)33-26(19,12(3)4)32-20(16)17/h10-12,19,28-29H,9H2,1-8H3/t19-,26+/m0/s1. The number of allylic oxidation sites excluding steroid dienone is 1. The summed E-state index contributed by atoms with van der Waals surface area (Å²) >= 11 is 0. The van der Waals surface area contributed by atoms with E-state index < -0.39 is 22.5 Å². The molecule has 0 saturated heterocycles. The molecule has 0 amide bonds. The zero-order valence-electron chi connectivity index (χ0n) is 20.5. The summed E-state index contributed by atoms with van der Waals surface area (Å²) in [5, 5.41) is 21.5. The van der Waals surface area contributed by atoms with Crippen molar-refractivity contribution in [3.63, 3.8) is 0 Å². The minimum atomic E-state index is -1.43. The molecule has 0 unspecified atom stereocenters. The van der Waals surface area contributed by atoms with E-state index >= 15 is 0 Å². The summed E-state index contributed by atoms with van der Waals surface area (Å²) in [5.74, 6) is -3.87. The summed E-state index contributed by atoms with van der Waals surface area (Å²) in [7, 11) is 0. The van der Waals surface area contributed by atoms with Gasteiger partial charge in [-0.3, -0.25) is 14.4 Å². The molecule has 0 fully saturated rings. The number of phenols is 2. The third-order valence-electron chi connectivity index (χ3n) is 7.22. The molecule has 7 heteroatoms. The fourth-order valence-corrected chi connectivity index (χ4v) is 5.56. The van der Waals surface area contributed by atoms with Crippen molar-refractivity contribution < 1.29 is 34.1 Å². The first-order valence-electron chi connectivity index (χ1n) is 11.4. The van der Waals surface area contributed by atoms with Gasteiger partial charge in [0.15, 0.2) is 17.3 Å². The summed E-state index contributed by atoms with van der Waals surface area (Å²) in [6.45, 7) is 14.1. The third kappa shape index (κ3) is 2.83. The monoisotopic (exact) mass is 456 g/mol. The first kappa shape index (κ1) is 23.3. The first-order valence-corrected chi connectivity index (χ1v) is 11.4. The van der Waals surface area contributed by atoms with Crippen LogP contribution in [0.1, 0.15) is 83.7 Å². The van der Waals surface area contributed by atoms with Gasteiger partial charge in [0.05, 0.1) is 22.0 Å². The number of hydrogen-bond acceptors (Lipinski definition) is 7. The topological polar surface area (TPSA) is 110 Å². The lowest BCUT2D eigenvalue weighted by molar-refractivity contribution is -0.177. The van der Waals surface area contributed by atoms with E-state index in [1.165, 1.54) is 0 Å². The molecular weight excluding hydrogens is 424 g/mol. The van der Waals surface area contributed by atoms with E-state index in [4.69, 9.17) is 9.47 Å². The number of aromatic hydroxyl groups is 2. The highest BCUT2D eigenvalue weighted by molar-refractivity contribution is 6.20. The van der Waals surface area contributed by atoms with Crippen molar-refractivity contribution >= 4 is 17.3 Å². The van der Waals surface area contributed by atoms with Crippen LogP contribution in [0.3, 0.4) is 0 Å². The summed E-state index contributed by atoms with van der Waals surface area (Å²) < 4.78 is 12.7. The first-order chi connectivity index (χ1) is 15.1. The van der Waals surface area contributed by atoms with Crippen LogP contribution in [-0.2, 0) is 14.3 Å². The Bertz CT molecular complexity index is 1140. The number of carbonyl (C=O) groups is 3. The number of ether oxygens (including phenoxy) is 2. The summed E-state index contributed by atoms with van der Waals surface area (Å²) in [5.41, 5.74) is -1.85. The lowest BCUT2D eigenvalue weighted by Gasteiger charge is -2.38. The van der Waals surface area contributed by atoms with Gasteiger partial charge in [-0.05, 0) is 33.6 Å². The number of benzene rings is 1. The number of Topliss-reactive ketones (excluding diaryl/α,β-unsaturated/α-hetero) is 3.